The molecular weight excluding hydrogens is 345 g/mol. The zero-order valence-electron chi connectivity index (χ0n) is 9.90. The third-order valence-corrected chi connectivity index (χ3v) is 3.92. The number of carbonyl (C=O) groups excluding carboxylic acids is 1. The van der Waals surface area contributed by atoms with Gasteiger partial charge in [-0.05, 0) is 53.6 Å². The summed E-state index contributed by atoms with van der Waals surface area (Å²) in [7, 11) is 0. The van der Waals surface area contributed by atoms with Crippen LogP contribution in [0.3, 0.4) is 0 Å². The quantitative estimate of drug-likeness (QED) is 0.706. The van der Waals surface area contributed by atoms with Crippen molar-refractivity contribution in [3.63, 3.8) is 0 Å². The number of halogens is 1. The Morgan fingerprint density at radius 3 is 2.78 bits per heavy atom. The number of phenolic OH excluding ortho intramolecular Hbond substituents is 1. The average molecular weight is 361 g/mol. The van der Waals surface area contributed by atoms with Crippen LogP contribution in [0.2, 0.25) is 0 Å². The number of hydrogen-bond donors (Lipinski definition) is 3. The molecule has 0 heterocycles. The molecular formula is C13H16INO3. The van der Waals surface area contributed by atoms with Gasteiger partial charge in [-0.15, -0.1) is 0 Å². The molecule has 1 saturated carbocycles. The summed E-state index contributed by atoms with van der Waals surface area (Å²) in [6, 6.07) is 4.68. The topological polar surface area (TPSA) is 69.6 Å². The van der Waals surface area contributed by atoms with Crippen LogP contribution < -0.4 is 5.32 Å². The highest BCUT2D eigenvalue weighted by Crippen LogP contribution is 2.22. The second kappa shape index (κ2) is 5.88. The SMILES string of the molecule is O=C(N[C@H]1CCCC[C@@H]1O)c1cc(I)ccc1O. The molecule has 0 spiro atoms. The lowest BCUT2D eigenvalue weighted by atomic mass is 9.92. The Bertz CT molecular complexity index is 450. The fourth-order valence-electron chi connectivity index (χ4n) is 2.22. The van der Waals surface area contributed by atoms with Crippen LogP contribution in [0, 0.1) is 3.57 Å². The van der Waals surface area contributed by atoms with Crippen LogP contribution in [0.15, 0.2) is 18.2 Å². The van der Waals surface area contributed by atoms with Crippen molar-refractivity contribution < 1.29 is 15.0 Å². The molecule has 2 atom stereocenters. The summed E-state index contributed by atoms with van der Waals surface area (Å²) in [4.78, 5) is 12.0. The van der Waals surface area contributed by atoms with E-state index in [9.17, 15) is 15.0 Å². The van der Waals surface area contributed by atoms with E-state index in [1.807, 2.05) is 0 Å². The lowest BCUT2D eigenvalue weighted by molar-refractivity contribution is 0.0715. The summed E-state index contributed by atoms with van der Waals surface area (Å²) in [6.07, 6.45) is 3.05. The molecule has 1 aromatic rings. The maximum Gasteiger partial charge on any atom is 0.255 e. The minimum absolute atomic E-state index is 0.0294. The van der Waals surface area contributed by atoms with Crippen molar-refractivity contribution in [2.45, 2.75) is 37.8 Å². The van der Waals surface area contributed by atoms with E-state index in [0.29, 0.717) is 0 Å². The number of aliphatic hydroxyl groups excluding tert-OH is 1. The van der Waals surface area contributed by atoms with Crippen LogP contribution in [0.5, 0.6) is 5.75 Å². The molecule has 4 nitrogen and oxygen atoms in total. The van der Waals surface area contributed by atoms with Gasteiger partial charge in [0.25, 0.3) is 5.91 Å². The maximum atomic E-state index is 12.0. The first-order valence-electron chi connectivity index (χ1n) is 6.05. The Morgan fingerprint density at radius 2 is 2.06 bits per heavy atom. The summed E-state index contributed by atoms with van der Waals surface area (Å²) in [5.74, 6) is -0.352. The molecule has 98 valence electrons. The molecule has 0 radical (unpaired) electrons. The molecule has 1 aliphatic carbocycles. The van der Waals surface area contributed by atoms with Gasteiger partial charge in [0.05, 0.1) is 17.7 Å². The molecule has 1 aromatic carbocycles. The standard InChI is InChI=1S/C13H16INO3/c14-8-5-6-11(16)9(7-8)13(18)15-10-3-1-2-4-12(10)17/h5-7,10,12,16-17H,1-4H2,(H,15,18)/t10-,12-/m0/s1. The molecule has 1 amide bonds. The van der Waals surface area contributed by atoms with Crippen molar-refractivity contribution in [2.24, 2.45) is 0 Å². The van der Waals surface area contributed by atoms with Crippen molar-refractivity contribution >= 4 is 28.5 Å². The van der Waals surface area contributed by atoms with Crippen molar-refractivity contribution in [3.8, 4) is 5.75 Å². The van der Waals surface area contributed by atoms with Crippen molar-refractivity contribution in [1.29, 1.82) is 0 Å². The zero-order chi connectivity index (χ0) is 13.1. The van der Waals surface area contributed by atoms with Crippen LogP contribution in [-0.4, -0.2) is 28.3 Å². The number of rotatable bonds is 2. The molecule has 5 heteroatoms. The highest BCUT2D eigenvalue weighted by atomic mass is 127. The highest BCUT2D eigenvalue weighted by molar-refractivity contribution is 14.1. The fourth-order valence-corrected chi connectivity index (χ4v) is 2.71. The average Bonchev–Trinajstić information content (AvgIpc) is 2.35. The fraction of sp³-hybridized carbons (Fsp3) is 0.462. The molecule has 0 saturated heterocycles. The number of nitrogens with one attached hydrogen (secondary N) is 1. The van der Waals surface area contributed by atoms with Crippen molar-refractivity contribution in [2.75, 3.05) is 0 Å². The number of hydrogen-bond acceptors (Lipinski definition) is 3. The lowest BCUT2D eigenvalue weighted by Crippen LogP contribution is -2.45. The predicted octanol–water partition coefficient (Wildman–Crippen LogP) is 2.03. The van der Waals surface area contributed by atoms with Gasteiger partial charge in [-0.3, -0.25) is 4.79 Å². The third-order valence-electron chi connectivity index (χ3n) is 3.25. The lowest BCUT2D eigenvalue weighted by Gasteiger charge is -2.28. The molecule has 18 heavy (non-hydrogen) atoms. The molecule has 0 bridgehead atoms. The molecule has 2 rings (SSSR count). The van der Waals surface area contributed by atoms with Gasteiger partial charge in [-0.2, -0.15) is 0 Å². The largest absolute Gasteiger partial charge is 0.507 e. The van der Waals surface area contributed by atoms with E-state index in [1.54, 1.807) is 12.1 Å². The summed E-state index contributed by atoms with van der Waals surface area (Å²) >= 11 is 2.09. The molecule has 0 aromatic heterocycles. The van der Waals surface area contributed by atoms with Gasteiger partial charge in [0.2, 0.25) is 0 Å². The predicted molar refractivity (Wildman–Crippen MR) is 76.6 cm³/mol. The number of benzene rings is 1. The van der Waals surface area contributed by atoms with Crippen LogP contribution in [0.4, 0.5) is 0 Å². The Kier molecular flexibility index (Phi) is 4.45. The third kappa shape index (κ3) is 3.14. The molecule has 0 unspecified atom stereocenters. The number of aliphatic hydroxyl groups is 1. The van der Waals surface area contributed by atoms with Crippen molar-refractivity contribution in [3.05, 3.63) is 27.3 Å². The van der Waals surface area contributed by atoms with Gasteiger partial charge >= 0.3 is 0 Å². The van der Waals surface area contributed by atoms with E-state index in [1.165, 1.54) is 6.07 Å². The van der Waals surface area contributed by atoms with Crippen molar-refractivity contribution in [1.82, 2.24) is 5.32 Å². The highest BCUT2D eigenvalue weighted by Gasteiger charge is 2.25. The van der Waals surface area contributed by atoms with E-state index in [-0.39, 0.29) is 23.3 Å². The molecule has 1 aliphatic rings. The monoisotopic (exact) mass is 361 g/mol. The summed E-state index contributed by atoms with van der Waals surface area (Å²) in [5.41, 5.74) is 0.264. The first kappa shape index (κ1) is 13.6. The van der Waals surface area contributed by atoms with Gasteiger partial charge in [-0.25, -0.2) is 0 Å². The van der Waals surface area contributed by atoms with Gasteiger partial charge in [0, 0.05) is 3.57 Å². The van der Waals surface area contributed by atoms with Gasteiger partial charge in [0.15, 0.2) is 0 Å². The van der Waals surface area contributed by atoms with Crippen LogP contribution >= 0.6 is 22.6 Å². The van der Waals surface area contributed by atoms with Gasteiger partial charge < -0.3 is 15.5 Å². The summed E-state index contributed by atoms with van der Waals surface area (Å²) in [5, 5.41) is 22.3. The van der Waals surface area contributed by atoms with E-state index in [0.717, 1.165) is 29.3 Å². The summed E-state index contributed by atoms with van der Waals surface area (Å²) < 4.78 is 0.889. The minimum atomic E-state index is -0.479. The molecule has 1 fully saturated rings. The van der Waals surface area contributed by atoms with E-state index < -0.39 is 6.10 Å². The minimum Gasteiger partial charge on any atom is -0.507 e. The Morgan fingerprint density at radius 1 is 1.33 bits per heavy atom. The normalized spacial score (nSPS) is 23.7. The number of phenols is 1. The van der Waals surface area contributed by atoms with E-state index >= 15 is 0 Å². The zero-order valence-corrected chi connectivity index (χ0v) is 12.1. The van der Waals surface area contributed by atoms with Gasteiger partial charge in [-0.1, -0.05) is 12.8 Å². The first-order chi connectivity index (χ1) is 8.58. The molecule has 3 N–H and O–H groups in total. The smallest absolute Gasteiger partial charge is 0.255 e. The van der Waals surface area contributed by atoms with Crippen LogP contribution in [0.1, 0.15) is 36.0 Å². The van der Waals surface area contributed by atoms with E-state index in [4.69, 9.17) is 0 Å². The summed E-state index contributed by atoms with van der Waals surface area (Å²) in [6.45, 7) is 0. The Labute approximate surface area is 120 Å². The first-order valence-corrected chi connectivity index (χ1v) is 7.13. The Balaban J connectivity index is 2.09. The Hall–Kier alpha value is -0.820. The van der Waals surface area contributed by atoms with Crippen LogP contribution in [0.25, 0.3) is 0 Å². The number of aromatic hydroxyl groups is 1. The van der Waals surface area contributed by atoms with Crippen LogP contribution in [-0.2, 0) is 0 Å². The van der Waals surface area contributed by atoms with E-state index in [2.05, 4.69) is 27.9 Å². The second-order valence-corrected chi connectivity index (χ2v) is 5.84. The second-order valence-electron chi connectivity index (χ2n) is 4.59. The maximum absolute atomic E-state index is 12.0. The number of carbonyl (C=O) groups is 1. The number of amides is 1. The van der Waals surface area contributed by atoms with Gasteiger partial charge in [0.1, 0.15) is 5.75 Å². The molecule has 0 aliphatic heterocycles.